The summed E-state index contributed by atoms with van der Waals surface area (Å²) < 4.78 is 6.22. The van der Waals surface area contributed by atoms with Gasteiger partial charge >= 0.3 is 0 Å². The normalized spacial score (nSPS) is 10.4. The lowest BCUT2D eigenvalue weighted by atomic mass is 10.1. The summed E-state index contributed by atoms with van der Waals surface area (Å²) in [7, 11) is 1.98. The second-order valence-electron chi connectivity index (χ2n) is 4.16. The van der Waals surface area contributed by atoms with E-state index in [1.807, 2.05) is 37.4 Å². The Morgan fingerprint density at radius 3 is 2.72 bits per heavy atom. The SMILES string of the molecule is CC(=O)c1ccc(N(C)Cc2ccco2)c(Br)c1. The molecule has 1 aromatic heterocycles. The molecule has 0 aliphatic rings. The molecule has 2 rings (SSSR count). The van der Waals surface area contributed by atoms with Crippen molar-refractivity contribution in [3.63, 3.8) is 0 Å². The molecule has 94 valence electrons. The van der Waals surface area contributed by atoms with E-state index in [9.17, 15) is 4.79 Å². The molecule has 0 radical (unpaired) electrons. The average Bonchev–Trinajstić information content (AvgIpc) is 2.81. The van der Waals surface area contributed by atoms with Gasteiger partial charge in [-0.05, 0) is 53.2 Å². The van der Waals surface area contributed by atoms with Crippen molar-refractivity contribution in [3.05, 3.63) is 52.4 Å². The largest absolute Gasteiger partial charge is 0.467 e. The maximum Gasteiger partial charge on any atom is 0.159 e. The number of nitrogens with zero attached hydrogens (tertiary/aromatic N) is 1. The quantitative estimate of drug-likeness (QED) is 0.804. The lowest BCUT2D eigenvalue weighted by Crippen LogP contribution is -2.16. The molecular formula is C14H14BrNO2. The van der Waals surface area contributed by atoms with Gasteiger partial charge in [0.15, 0.2) is 5.78 Å². The third kappa shape index (κ3) is 2.82. The summed E-state index contributed by atoms with van der Waals surface area (Å²) in [5, 5.41) is 0. The number of carbonyl (C=O) groups is 1. The summed E-state index contributed by atoms with van der Waals surface area (Å²) in [6.45, 7) is 2.25. The molecule has 4 heteroatoms. The van der Waals surface area contributed by atoms with Crippen molar-refractivity contribution in [1.29, 1.82) is 0 Å². The molecule has 0 atom stereocenters. The van der Waals surface area contributed by atoms with E-state index in [-0.39, 0.29) is 5.78 Å². The van der Waals surface area contributed by atoms with Crippen LogP contribution in [0.2, 0.25) is 0 Å². The minimum absolute atomic E-state index is 0.0657. The van der Waals surface area contributed by atoms with Crippen molar-refractivity contribution in [1.82, 2.24) is 0 Å². The number of carbonyl (C=O) groups excluding carboxylic acids is 1. The zero-order valence-electron chi connectivity index (χ0n) is 10.3. The monoisotopic (exact) mass is 307 g/mol. The van der Waals surface area contributed by atoms with Gasteiger partial charge in [-0.1, -0.05) is 0 Å². The summed E-state index contributed by atoms with van der Waals surface area (Å²) in [5.41, 5.74) is 1.73. The highest BCUT2D eigenvalue weighted by molar-refractivity contribution is 9.10. The summed E-state index contributed by atoms with van der Waals surface area (Å²) in [6, 6.07) is 9.42. The molecule has 0 bridgehead atoms. The third-order valence-corrected chi connectivity index (χ3v) is 3.37. The predicted octanol–water partition coefficient (Wildman–Crippen LogP) is 3.88. The van der Waals surface area contributed by atoms with Gasteiger partial charge in [-0.25, -0.2) is 0 Å². The van der Waals surface area contributed by atoms with Gasteiger partial charge in [-0.2, -0.15) is 0 Å². The lowest BCUT2D eigenvalue weighted by Gasteiger charge is -2.19. The average molecular weight is 308 g/mol. The van der Waals surface area contributed by atoms with E-state index in [2.05, 4.69) is 20.8 Å². The first kappa shape index (κ1) is 12.9. The molecule has 2 aromatic rings. The minimum atomic E-state index is 0.0657. The Morgan fingerprint density at radius 2 is 2.17 bits per heavy atom. The number of furan rings is 1. The molecule has 1 aromatic carbocycles. The molecule has 1 heterocycles. The molecule has 0 aliphatic carbocycles. The second-order valence-corrected chi connectivity index (χ2v) is 5.01. The molecule has 18 heavy (non-hydrogen) atoms. The smallest absolute Gasteiger partial charge is 0.159 e. The van der Waals surface area contributed by atoms with Crippen molar-refractivity contribution >= 4 is 27.4 Å². The zero-order valence-corrected chi connectivity index (χ0v) is 11.9. The van der Waals surface area contributed by atoms with Crippen LogP contribution >= 0.6 is 15.9 Å². The van der Waals surface area contributed by atoms with E-state index in [4.69, 9.17) is 4.42 Å². The number of ketones is 1. The number of anilines is 1. The van der Waals surface area contributed by atoms with E-state index in [1.165, 1.54) is 0 Å². The molecule has 0 spiro atoms. The van der Waals surface area contributed by atoms with Crippen LogP contribution in [-0.4, -0.2) is 12.8 Å². The van der Waals surface area contributed by atoms with Crippen molar-refractivity contribution in [2.75, 3.05) is 11.9 Å². The van der Waals surface area contributed by atoms with Crippen molar-refractivity contribution in [2.45, 2.75) is 13.5 Å². The Balaban J connectivity index is 2.20. The highest BCUT2D eigenvalue weighted by atomic mass is 79.9. The van der Waals surface area contributed by atoms with Gasteiger partial charge in [0.25, 0.3) is 0 Å². The van der Waals surface area contributed by atoms with Crippen LogP contribution in [0.25, 0.3) is 0 Å². The van der Waals surface area contributed by atoms with Crippen LogP contribution in [0.4, 0.5) is 5.69 Å². The Labute approximate surface area is 115 Å². The molecule has 0 saturated carbocycles. The molecule has 0 unspecified atom stereocenters. The van der Waals surface area contributed by atoms with Gasteiger partial charge in [-0.3, -0.25) is 4.79 Å². The van der Waals surface area contributed by atoms with Gasteiger partial charge in [0, 0.05) is 17.1 Å². The molecule has 0 saturated heterocycles. The summed E-state index contributed by atoms with van der Waals surface area (Å²) in [5.74, 6) is 0.969. The van der Waals surface area contributed by atoms with Crippen molar-refractivity contribution < 1.29 is 9.21 Å². The Hall–Kier alpha value is -1.55. The first-order chi connectivity index (χ1) is 8.58. The van der Waals surface area contributed by atoms with Crippen LogP contribution in [0.1, 0.15) is 23.0 Å². The van der Waals surface area contributed by atoms with Crippen LogP contribution in [0.3, 0.4) is 0 Å². The number of halogens is 1. The summed E-state index contributed by atoms with van der Waals surface area (Å²) in [6.07, 6.45) is 1.66. The lowest BCUT2D eigenvalue weighted by molar-refractivity contribution is 0.101. The van der Waals surface area contributed by atoms with Gasteiger partial charge in [0.1, 0.15) is 5.76 Å². The van der Waals surface area contributed by atoms with Crippen LogP contribution in [0.15, 0.2) is 45.5 Å². The first-order valence-electron chi connectivity index (χ1n) is 5.62. The van der Waals surface area contributed by atoms with Crippen LogP contribution in [0.5, 0.6) is 0 Å². The van der Waals surface area contributed by atoms with Gasteiger partial charge in [-0.15, -0.1) is 0 Å². The Bertz CT molecular complexity index is 549. The number of hydrogen-bond acceptors (Lipinski definition) is 3. The molecule has 3 nitrogen and oxygen atoms in total. The summed E-state index contributed by atoms with van der Waals surface area (Å²) >= 11 is 3.50. The highest BCUT2D eigenvalue weighted by Crippen LogP contribution is 2.27. The number of Topliss-reactive ketones (excluding diaryl/α,β-unsaturated/α-hetero) is 1. The van der Waals surface area contributed by atoms with Gasteiger partial charge < -0.3 is 9.32 Å². The van der Waals surface area contributed by atoms with E-state index in [0.717, 1.165) is 15.9 Å². The maximum absolute atomic E-state index is 11.3. The molecular weight excluding hydrogens is 294 g/mol. The topological polar surface area (TPSA) is 33.5 Å². The number of benzene rings is 1. The van der Waals surface area contributed by atoms with Crippen molar-refractivity contribution in [3.8, 4) is 0 Å². The summed E-state index contributed by atoms with van der Waals surface area (Å²) in [4.78, 5) is 13.3. The fraction of sp³-hybridized carbons (Fsp3) is 0.214. The minimum Gasteiger partial charge on any atom is -0.467 e. The first-order valence-corrected chi connectivity index (χ1v) is 6.41. The fourth-order valence-corrected chi connectivity index (χ4v) is 2.44. The number of rotatable bonds is 4. The van der Waals surface area contributed by atoms with Crippen LogP contribution < -0.4 is 4.90 Å². The van der Waals surface area contributed by atoms with Crippen molar-refractivity contribution in [2.24, 2.45) is 0 Å². The molecule has 0 fully saturated rings. The zero-order chi connectivity index (χ0) is 13.1. The predicted molar refractivity (Wildman–Crippen MR) is 75.0 cm³/mol. The van der Waals surface area contributed by atoms with E-state index in [1.54, 1.807) is 13.2 Å². The number of hydrogen-bond donors (Lipinski definition) is 0. The van der Waals surface area contributed by atoms with Crippen LogP contribution in [-0.2, 0) is 6.54 Å². The van der Waals surface area contributed by atoms with Crippen LogP contribution in [0, 0.1) is 0 Å². The van der Waals surface area contributed by atoms with E-state index in [0.29, 0.717) is 12.1 Å². The Morgan fingerprint density at radius 1 is 1.39 bits per heavy atom. The standard InChI is InChI=1S/C14H14BrNO2/c1-10(17)11-5-6-14(13(15)8-11)16(2)9-12-4-3-7-18-12/h3-8H,9H2,1-2H3. The molecule has 0 aliphatic heterocycles. The maximum atomic E-state index is 11.3. The van der Waals surface area contributed by atoms with E-state index >= 15 is 0 Å². The second kappa shape index (κ2) is 5.40. The molecule has 0 amide bonds. The van der Waals surface area contributed by atoms with Gasteiger partial charge in [0.2, 0.25) is 0 Å². The van der Waals surface area contributed by atoms with E-state index < -0.39 is 0 Å². The highest BCUT2D eigenvalue weighted by Gasteiger charge is 2.09. The fourth-order valence-electron chi connectivity index (χ4n) is 1.76. The van der Waals surface area contributed by atoms with Gasteiger partial charge in [0.05, 0.1) is 18.5 Å². The third-order valence-electron chi connectivity index (χ3n) is 2.74. The Kier molecular flexibility index (Phi) is 3.87. The molecule has 0 N–H and O–H groups in total.